The summed E-state index contributed by atoms with van der Waals surface area (Å²) < 4.78 is 5.39. The summed E-state index contributed by atoms with van der Waals surface area (Å²) in [6.45, 7) is 0. The van der Waals surface area contributed by atoms with Crippen molar-refractivity contribution in [1.82, 2.24) is 4.98 Å². The van der Waals surface area contributed by atoms with E-state index in [1.165, 1.54) is 43.6 Å². The van der Waals surface area contributed by atoms with Crippen LogP contribution in [0.15, 0.2) is 109 Å². The lowest BCUT2D eigenvalue weighted by molar-refractivity contribution is 0.415. The summed E-state index contributed by atoms with van der Waals surface area (Å²) in [5, 5.41) is 7.30. The first kappa shape index (κ1) is 18.6. The molecule has 0 saturated carbocycles. The molecule has 0 unspecified atom stereocenters. The Labute approximate surface area is 186 Å². The molecular formula is C30H21NO. The Bertz CT molecular complexity index is 1540. The van der Waals surface area contributed by atoms with E-state index >= 15 is 0 Å². The number of rotatable bonds is 3. The maximum Gasteiger partial charge on any atom is 0.118 e. The van der Waals surface area contributed by atoms with Gasteiger partial charge in [-0.25, -0.2) is 0 Å². The minimum atomic E-state index is 0.862. The molecule has 0 aliphatic heterocycles. The van der Waals surface area contributed by atoms with E-state index in [1.54, 1.807) is 7.11 Å². The van der Waals surface area contributed by atoms with Crippen molar-refractivity contribution in [3.8, 4) is 28.0 Å². The van der Waals surface area contributed by atoms with E-state index in [1.807, 2.05) is 24.5 Å². The molecule has 0 aliphatic rings. The van der Waals surface area contributed by atoms with Crippen molar-refractivity contribution in [1.29, 1.82) is 0 Å². The van der Waals surface area contributed by atoms with Crippen LogP contribution in [0.25, 0.3) is 54.6 Å². The van der Waals surface area contributed by atoms with E-state index in [4.69, 9.17) is 4.74 Å². The van der Waals surface area contributed by atoms with Crippen LogP contribution < -0.4 is 4.74 Å². The molecule has 6 rings (SSSR count). The van der Waals surface area contributed by atoms with Gasteiger partial charge >= 0.3 is 0 Å². The largest absolute Gasteiger partial charge is 0.497 e. The topological polar surface area (TPSA) is 22.1 Å². The maximum absolute atomic E-state index is 5.39. The van der Waals surface area contributed by atoms with Gasteiger partial charge in [-0.2, -0.15) is 0 Å². The van der Waals surface area contributed by atoms with E-state index in [2.05, 4.69) is 89.9 Å². The number of pyridine rings is 1. The molecule has 5 aromatic carbocycles. The van der Waals surface area contributed by atoms with E-state index in [9.17, 15) is 0 Å². The molecule has 0 saturated heterocycles. The van der Waals surface area contributed by atoms with Crippen molar-refractivity contribution in [2.45, 2.75) is 0 Å². The minimum absolute atomic E-state index is 0.862. The zero-order chi connectivity index (χ0) is 21.5. The molecule has 2 nitrogen and oxygen atoms in total. The normalized spacial score (nSPS) is 11.3. The molecule has 32 heavy (non-hydrogen) atoms. The average Bonchev–Trinajstić information content (AvgIpc) is 2.87. The van der Waals surface area contributed by atoms with Crippen molar-refractivity contribution in [3.63, 3.8) is 0 Å². The summed E-state index contributed by atoms with van der Waals surface area (Å²) in [6.07, 6.45) is 3.94. The quantitative estimate of drug-likeness (QED) is 0.276. The van der Waals surface area contributed by atoms with Crippen molar-refractivity contribution in [3.05, 3.63) is 109 Å². The zero-order valence-corrected chi connectivity index (χ0v) is 17.7. The van der Waals surface area contributed by atoms with E-state index in [0.717, 1.165) is 16.7 Å². The van der Waals surface area contributed by atoms with Gasteiger partial charge < -0.3 is 4.74 Å². The summed E-state index contributed by atoms with van der Waals surface area (Å²) in [7, 11) is 1.70. The number of fused-ring (bicyclic) bond motifs is 3. The summed E-state index contributed by atoms with van der Waals surface area (Å²) in [5.41, 5.74) is 4.83. The lowest BCUT2D eigenvalue weighted by Gasteiger charge is -2.18. The highest BCUT2D eigenvalue weighted by Crippen LogP contribution is 2.44. The Hall–Kier alpha value is -4.17. The molecule has 1 heterocycles. The highest BCUT2D eigenvalue weighted by atomic mass is 16.5. The van der Waals surface area contributed by atoms with Crippen LogP contribution in [0.1, 0.15) is 0 Å². The number of hydrogen-bond donors (Lipinski definition) is 0. The van der Waals surface area contributed by atoms with Gasteiger partial charge in [-0.15, -0.1) is 0 Å². The first-order chi connectivity index (χ1) is 15.8. The van der Waals surface area contributed by atoms with Crippen molar-refractivity contribution in [2.24, 2.45) is 0 Å². The zero-order valence-electron chi connectivity index (χ0n) is 17.7. The Balaban J connectivity index is 1.78. The van der Waals surface area contributed by atoms with Gasteiger partial charge in [-0.1, -0.05) is 84.9 Å². The van der Waals surface area contributed by atoms with Gasteiger partial charge in [0.15, 0.2) is 0 Å². The Kier molecular flexibility index (Phi) is 4.36. The lowest BCUT2D eigenvalue weighted by Crippen LogP contribution is -1.92. The number of nitrogens with zero attached hydrogens (tertiary/aromatic N) is 1. The lowest BCUT2D eigenvalue weighted by atomic mass is 9.85. The standard InChI is InChI=1S/C30H21NO/c1-32-22-16-14-20(15-17-22)29-24-10-4-6-12-26(24)30(27-13-7-5-11-25(27)29)28-19-31-18-21-8-2-3-9-23(21)28/h2-19H,1H3. The van der Waals surface area contributed by atoms with Gasteiger partial charge in [0.05, 0.1) is 7.11 Å². The molecule has 0 amide bonds. The second kappa shape index (κ2) is 7.51. The van der Waals surface area contributed by atoms with Gasteiger partial charge in [0, 0.05) is 23.3 Å². The predicted octanol–water partition coefficient (Wildman–Crippen LogP) is 7.88. The van der Waals surface area contributed by atoms with Crippen LogP contribution in [0, 0.1) is 0 Å². The number of hydrogen-bond acceptors (Lipinski definition) is 2. The first-order valence-electron chi connectivity index (χ1n) is 10.8. The molecule has 0 spiro atoms. The third-order valence-electron chi connectivity index (χ3n) is 6.25. The molecule has 0 aliphatic carbocycles. The highest BCUT2D eigenvalue weighted by Gasteiger charge is 2.17. The molecule has 152 valence electrons. The monoisotopic (exact) mass is 411 g/mol. The number of ether oxygens (including phenoxy) is 1. The molecule has 0 bridgehead atoms. The number of methoxy groups -OCH3 is 1. The molecule has 0 N–H and O–H groups in total. The van der Waals surface area contributed by atoms with Crippen molar-refractivity contribution in [2.75, 3.05) is 7.11 Å². The fraction of sp³-hybridized carbons (Fsp3) is 0.0333. The van der Waals surface area contributed by atoms with Crippen LogP contribution in [-0.2, 0) is 0 Å². The first-order valence-corrected chi connectivity index (χ1v) is 10.8. The van der Waals surface area contributed by atoms with Crippen LogP contribution in [0.5, 0.6) is 5.75 Å². The Morgan fingerprint density at radius 2 is 1.06 bits per heavy atom. The molecule has 6 aromatic rings. The van der Waals surface area contributed by atoms with Gasteiger partial charge in [0.1, 0.15) is 5.75 Å². The molecule has 2 heteroatoms. The molecule has 0 fully saturated rings. The third-order valence-corrected chi connectivity index (χ3v) is 6.25. The van der Waals surface area contributed by atoms with Crippen molar-refractivity contribution >= 4 is 32.3 Å². The van der Waals surface area contributed by atoms with Crippen LogP contribution in [0.4, 0.5) is 0 Å². The predicted molar refractivity (Wildman–Crippen MR) is 134 cm³/mol. The molecule has 1 aromatic heterocycles. The van der Waals surface area contributed by atoms with Gasteiger partial charge in [0.2, 0.25) is 0 Å². The van der Waals surface area contributed by atoms with Crippen LogP contribution in [0.3, 0.4) is 0 Å². The fourth-order valence-electron chi connectivity index (χ4n) is 4.80. The fourth-order valence-corrected chi connectivity index (χ4v) is 4.80. The van der Waals surface area contributed by atoms with E-state index in [-0.39, 0.29) is 0 Å². The molecular weight excluding hydrogens is 390 g/mol. The minimum Gasteiger partial charge on any atom is -0.497 e. The Morgan fingerprint density at radius 1 is 0.531 bits per heavy atom. The maximum atomic E-state index is 5.39. The molecule has 0 atom stereocenters. The number of benzene rings is 5. The second-order valence-corrected chi connectivity index (χ2v) is 7.98. The smallest absolute Gasteiger partial charge is 0.118 e. The van der Waals surface area contributed by atoms with Crippen LogP contribution in [0.2, 0.25) is 0 Å². The Morgan fingerprint density at radius 3 is 1.66 bits per heavy atom. The second-order valence-electron chi connectivity index (χ2n) is 7.98. The average molecular weight is 412 g/mol. The summed E-state index contributed by atoms with van der Waals surface area (Å²) in [5.74, 6) is 0.862. The van der Waals surface area contributed by atoms with E-state index in [0.29, 0.717) is 0 Å². The SMILES string of the molecule is COc1ccc(-c2c3ccccc3c(-c3cncc4ccccc34)c3ccccc23)cc1. The number of aromatic nitrogens is 1. The molecule has 0 radical (unpaired) electrons. The summed E-state index contributed by atoms with van der Waals surface area (Å²) >= 11 is 0. The van der Waals surface area contributed by atoms with Crippen LogP contribution in [-0.4, -0.2) is 12.1 Å². The third kappa shape index (κ3) is 2.84. The summed E-state index contributed by atoms with van der Waals surface area (Å²) in [6, 6.07) is 34.2. The van der Waals surface area contributed by atoms with Gasteiger partial charge in [-0.05, 0) is 55.8 Å². The summed E-state index contributed by atoms with van der Waals surface area (Å²) in [4.78, 5) is 4.59. The van der Waals surface area contributed by atoms with Gasteiger partial charge in [-0.3, -0.25) is 4.98 Å². The van der Waals surface area contributed by atoms with Crippen LogP contribution >= 0.6 is 0 Å². The van der Waals surface area contributed by atoms with Crippen molar-refractivity contribution < 1.29 is 4.74 Å². The van der Waals surface area contributed by atoms with Gasteiger partial charge in [0.25, 0.3) is 0 Å². The highest BCUT2D eigenvalue weighted by molar-refractivity contribution is 6.23. The van der Waals surface area contributed by atoms with E-state index < -0.39 is 0 Å².